The third-order valence-corrected chi connectivity index (χ3v) is 8.71. The SMILES string of the molecule is O=C(CCNS(=O)(=O)c1ccc2c(c1)CCN2C(=O)C1CC1)N1CCN(c2cccc(C(F)(F)F)c2)CC1. The molecule has 2 aromatic rings. The minimum absolute atomic E-state index is 0.0304. The van der Waals surface area contributed by atoms with E-state index in [0.717, 1.165) is 36.2 Å². The van der Waals surface area contributed by atoms with Gasteiger partial charge in [-0.3, -0.25) is 9.59 Å². The number of hydrogen-bond donors (Lipinski definition) is 1. The summed E-state index contributed by atoms with van der Waals surface area (Å²) in [4.78, 5) is 30.3. The summed E-state index contributed by atoms with van der Waals surface area (Å²) in [6.45, 7) is 1.92. The highest BCUT2D eigenvalue weighted by Gasteiger charge is 2.37. The van der Waals surface area contributed by atoms with Crippen molar-refractivity contribution in [1.29, 1.82) is 0 Å². The Kier molecular flexibility index (Phi) is 7.12. The van der Waals surface area contributed by atoms with Crippen molar-refractivity contribution in [2.75, 3.05) is 49.1 Å². The van der Waals surface area contributed by atoms with Crippen molar-refractivity contribution in [3.8, 4) is 0 Å². The van der Waals surface area contributed by atoms with Crippen LogP contribution in [0.4, 0.5) is 24.5 Å². The number of nitrogens with one attached hydrogen (secondary N) is 1. The molecule has 2 fully saturated rings. The summed E-state index contributed by atoms with van der Waals surface area (Å²) in [5.74, 6) is -0.0293. The first-order valence-corrected chi connectivity index (χ1v) is 14.2. The number of piperazine rings is 1. The maximum Gasteiger partial charge on any atom is 0.416 e. The molecule has 38 heavy (non-hydrogen) atoms. The highest BCUT2D eigenvalue weighted by molar-refractivity contribution is 7.89. The molecular weight excluding hydrogens is 521 g/mol. The molecule has 2 aliphatic heterocycles. The van der Waals surface area contributed by atoms with Crippen molar-refractivity contribution >= 4 is 33.2 Å². The van der Waals surface area contributed by atoms with Gasteiger partial charge >= 0.3 is 6.18 Å². The van der Waals surface area contributed by atoms with Crippen LogP contribution in [0.15, 0.2) is 47.4 Å². The van der Waals surface area contributed by atoms with Crippen molar-refractivity contribution in [2.45, 2.75) is 36.8 Å². The average Bonchev–Trinajstić information content (AvgIpc) is 3.66. The van der Waals surface area contributed by atoms with E-state index < -0.39 is 21.8 Å². The minimum atomic E-state index is -4.42. The first kappa shape index (κ1) is 26.5. The van der Waals surface area contributed by atoms with E-state index in [-0.39, 0.29) is 35.6 Å². The highest BCUT2D eigenvalue weighted by atomic mass is 32.2. The van der Waals surface area contributed by atoms with E-state index in [1.807, 2.05) is 0 Å². The molecule has 0 spiro atoms. The Bertz CT molecular complexity index is 1340. The molecule has 1 saturated carbocycles. The van der Waals surface area contributed by atoms with Gasteiger partial charge in [0, 0.05) is 63.0 Å². The molecule has 5 rings (SSSR count). The van der Waals surface area contributed by atoms with Crippen LogP contribution in [0.3, 0.4) is 0 Å². The van der Waals surface area contributed by atoms with E-state index >= 15 is 0 Å². The second-order valence-electron chi connectivity index (χ2n) is 9.87. The summed E-state index contributed by atoms with van der Waals surface area (Å²) < 4.78 is 67.1. The third-order valence-electron chi connectivity index (χ3n) is 7.25. The number of fused-ring (bicyclic) bond motifs is 1. The van der Waals surface area contributed by atoms with Crippen LogP contribution < -0.4 is 14.5 Å². The molecule has 8 nitrogen and oxygen atoms in total. The predicted molar refractivity (Wildman–Crippen MR) is 135 cm³/mol. The Labute approximate surface area is 219 Å². The van der Waals surface area contributed by atoms with Gasteiger partial charge in [0.05, 0.1) is 10.5 Å². The molecule has 2 heterocycles. The number of amides is 2. The van der Waals surface area contributed by atoms with Gasteiger partial charge in [-0.15, -0.1) is 0 Å². The van der Waals surface area contributed by atoms with Crippen LogP contribution in [0.5, 0.6) is 0 Å². The number of anilines is 2. The molecule has 0 bridgehead atoms. The second kappa shape index (κ2) is 10.2. The number of nitrogens with zero attached hydrogens (tertiary/aromatic N) is 3. The Morgan fingerprint density at radius 2 is 1.71 bits per heavy atom. The number of sulfonamides is 1. The van der Waals surface area contributed by atoms with Gasteiger partial charge in [0.1, 0.15) is 0 Å². The molecule has 2 aromatic carbocycles. The monoisotopic (exact) mass is 550 g/mol. The van der Waals surface area contributed by atoms with Crippen LogP contribution >= 0.6 is 0 Å². The van der Waals surface area contributed by atoms with Crippen LogP contribution in [0.25, 0.3) is 0 Å². The zero-order valence-corrected chi connectivity index (χ0v) is 21.5. The van der Waals surface area contributed by atoms with E-state index in [9.17, 15) is 31.2 Å². The van der Waals surface area contributed by atoms with Gasteiger partial charge in [-0.05, 0) is 61.2 Å². The fraction of sp³-hybridized carbons (Fsp3) is 0.462. The van der Waals surface area contributed by atoms with E-state index in [0.29, 0.717) is 44.8 Å². The fourth-order valence-corrected chi connectivity index (χ4v) is 6.03. The predicted octanol–water partition coefficient (Wildman–Crippen LogP) is 3.02. The van der Waals surface area contributed by atoms with Crippen molar-refractivity contribution < 1.29 is 31.2 Å². The maximum atomic E-state index is 13.0. The van der Waals surface area contributed by atoms with Crippen LogP contribution in [-0.4, -0.2) is 64.4 Å². The summed E-state index contributed by atoms with van der Waals surface area (Å²) in [6, 6.07) is 9.86. The molecule has 3 aliphatic rings. The molecule has 204 valence electrons. The quantitative estimate of drug-likeness (QED) is 0.573. The van der Waals surface area contributed by atoms with E-state index in [4.69, 9.17) is 0 Å². The highest BCUT2D eigenvalue weighted by Crippen LogP contribution is 2.37. The van der Waals surface area contributed by atoms with Crippen molar-refractivity contribution in [3.05, 3.63) is 53.6 Å². The maximum absolute atomic E-state index is 13.0. The summed E-state index contributed by atoms with van der Waals surface area (Å²) in [5.41, 5.74) is 1.32. The van der Waals surface area contributed by atoms with Crippen LogP contribution in [0, 0.1) is 5.92 Å². The molecule has 1 aliphatic carbocycles. The van der Waals surface area contributed by atoms with Crippen LogP contribution in [0.1, 0.15) is 30.4 Å². The lowest BCUT2D eigenvalue weighted by Crippen LogP contribution is -2.49. The summed E-state index contributed by atoms with van der Waals surface area (Å²) in [6.07, 6.45) is -2.04. The minimum Gasteiger partial charge on any atom is -0.368 e. The number of rotatable bonds is 7. The largest absolute Gasteiger partial charge is 0.416 e. The van der Waals surface area contributed by atoms with Crippen molar-refractivity contribution in [1.82, 2.24) is 9.62 Å². The number of carbonyl (C=O) groups excluding carboxylic acids is 2. The molecular formula is C26H29F3N4O4S. The first-order valence-electron chi connectivity index (χ1n) is 12.7. The summed E-state index contributed by atoms with van der Waals surface area (Å²) in [5, 5.41) is 0. The smallest absolute Gasteiger partial charge is 0.368 e. The number of carbonyl (C=O) groups is 2. The Balaban J connectivity index is 1.11. The molecule has 0 aromatic heterocycles. The van der Waals surface area contributed by atoms with Crippen molar-refractivity contribution in [2.24, 2.45) is 5.92 Å². The van der Waals surface area contributed by atoms with Crippen LogP contribution in [0.2, 0.25) is 0 Å². The van der Waals surface area contributed by atoms with Gasteiger partial charge in [0.25, 0.3) is 0 Å². The van der Waals surface area contributed by atoms with E-state index in [2.05, 4.69) is 4.72 Å². The number of alkyl halides is 3. The first-order chi connectivity index (χ1) is 18.0. The molecule has 0 atom stereocenters. The Hall–Kier alpha value is -3.12. The topological polar surface area (TPSA) is 90.0 Å². The standard InChI is InChI=1S/C26H29F3N4O4S/c27-26(28,29)20-2-1-3-21(17-20)31-12-14-32(15-13-31)24(34)8-10-30-38(36,37)22-6-7-23-19(16-22)9-11-33(23)25(35)18-4-5-18/h1-3,6-7,16-18,30H,4-5,8-15H2. The lowest BCUT2D eigenvalue weighted by molar-refractivity contribution is -0.137. The molecule has 2 amide bonds. The summed E-state index contributed by atoms with van der Waals surface area (Å²) >= 11 is 0. The van der Waals surface area contributed by atoms with Gasteiger partial charge < -0.3 is 14.7 Å². The van der Waals surface area contributed by atoms with Gasteiger partial charge in [-0.1, -0.05) is 6.07 Å². The number of halogens is 3. The Morgan fingerprint density at radius 1 is 0.974 bits per heavy atom. The van der Waals surface area contributed by atoms with Gasteiger partial charge in [0.2, 0.25) is 21.8 Å². The van der Waals surface area contributed by atoms with Gasteiger partial charge in [-0.2, -0.15) is 13.2 Å². The lowest BCUT2D eigenvalue weighted by Gasteiger charge is -2.36. The van der Waals surface area contributed by atoms with E-state index in [1.165, 1.54) is 12.1 Å². The Morgan fingerprint density at radius 3 is 2.39 bits per heavy atom. The zero-order chi connectivity index (χ0) is 27.1. The third kappa shape index (κ3) is 5.65. The van der Waals surface area contributed by atoms with Gasteiger partial charge in [0.15, 0.2) is 0 Å². The molecule has 0 unspecified atom stereocenters. The fourth-order valence-electron chi connectivity index (χ4n) is 4.95. The van der Waals surface area contributed by atoms with Gasteiger partial charge in [-0.25, -0.2) is 13.1 Å². The van der Waals surface area contributed by atoms with Crippen molar-refractivity contribution in [3.63, 3.8) is 0 Å². The number of benzene rings is 2. The zero-order valence-electron chi connectivity index (χ0n) is 20.7. The van der Waals surface area contributed by atoms with E-state index in [1.54, 1.807) is 32.9 Å². The molecule has 0 radical (unpaired) electrons. The molecule has 1 N–H and O–H groups in total. The second-order valence-corrected chi connectivity index (χ2v) is 11.6. The molecule has 12 heteroatoms. The molecule has 1 saturated heterocycles. The summed E-state index contributed by atoms with van der Waals surface area (Å²) in [7, 11) is -3.84. The van der Waals surface area contributed by atoms with Crippen LogP contribution in [-0.2, 0) is 32.2 Å². The number of hydrogen-bond acceptors (Lipinski definition) is 5. The lowest BCUT2D eigenvalue weighted by atomic mass is 10.1. The average molecular weight is 551 g/mol. The normalized spacial score (nSPS) is 18.0.